The normalized spacial score (nSPS) is 12.8. The standard InChI is InChI=1S/C14H26O4S/c1-2-3-11-14(15)12-9-7-5-4-6-8-10-13-19(16,17)18/h14-15H,2-8,10-11,13H2,1H3,(H,16,17,18)/t14-/m1/s1. The highest BCUT2D eigenvalue weighted by molar-refractivity contribution is 7.85. The van der Waals surface area contributed by atoms with Gasteiger partial charge in [-0.2, -0.15) is 8.42 Å². The van der Waals surface area contributed by atoms with Crippen LogP contribution in [-0.2, 0) is 10.1 Å². The molecule has 19 heavy (non-hydrogen) atoms. The molecule has 4 nitrogen and oxygen atoms in total. The Bertz CT molecular complexity index is 365. The highest BCUT2D eigenvalue weighted by atomic mass is 32.2. The van der Waals surface area contributed by atoms with Crippen molar-refractivity contribution >= 4 is 10.1 Å². The summed E-state index contributed by atoms with van der Waals surface area (Å²) in [5.74, 6) is 5.66. The van der Waals surface area contributed by atoms with E-state index < -0.39 is 16.2 Å². The summed E-state index contributed by atoms with van der Waals surface area (Å²) in [6, 6.07) is 0. The van der Waals surface area contributed by atoms with Crippen LogP contribution in [0.1, 0.15) is 64.7 Å². The summed E-state index contributed by atoms with van der Waals surface area (Å²) >= 11 is 0. The molecule has 0 saturated carbocycles. The minimum absolute atomic E-state index is 0.142. The van der Waals surface area contributed by atoms with Crippen LogP contribution in [0.3, 0.4) is 0 Å². The molecule has 0 aliphatic heterocycles. The van der Waals surface area contributed by atoms with E-state index in [-0.39, 0.29) is 5.75 Å². The monoisotopic (exact) mass is 290 g/mol. The van der Waals surface area contributed by atoms with Gasteiger partial charge < -0.3 is 5.11 Å². The van der Waals surface area contributed by atoms with Crippen molar-refractivity contribution in [1.82, 2.24) is 0 Å². The molecule has 0 fully saturated rings. The summed E-state index contributed by atoms with van der Waals surface area (Å²) in [4.78, 5) is 0. The summed E-state index contributed by atoms with van der Waals surface area (Å²) in [7, 11) is -3.79. The Morgan fingerprint density at radius 3 is 2.32 bits per heavy atom. The van der Waals surface area contributed by atoms with E-state index in [0.717, 1.165) is 51.4 Å². The average Bonchev–Trinajstić information content (AvgIpc) is 2.33. The Kier molecular flexibility index (Phi) is 10.9. The summed E-state index contributed by atoms with van der Waals surface area (Å²) in [6.45, 7) is 2.09. The number of aliphatic hydroxyl groups is 1. The second-order valence-corrected chi connectivity index (χ2v) is 6.36. The molecule has 0 saturated heterocycles. The predicted molar refractivity (Wildman–Crippen MR) is 77.4 cm³/mol. The molecule has 0 heterocycles. The van der Waals surface area contributed by atoms with Gasteiger partial charge >= 0.3 is 0 Å². The highest BCUT2D eigenvalue weighted by Crippen LogP contribution is 2.06. The fraction of sp³-hybridized carbons (Fsp3) is 0.857. The maximum atomic E-state index is 10.5. The molecule has 1 atom stereocenters. The summed E-state index contributed by atoms with van der Waals surface area (Å²) in [5, 5.41) is 9.48. The molecule has 0 aromatic carbocycles. The molecule has 5 heteroatoms. The molecule has 0 aromatic heterocycles. The lowest BCUT2D eigenvalue weighted by molar-refractivity contribution is 0.218. The van der Waals surface area contributed by atoms with E-state index in [1.54, 1.807) is 0 Å². The average molecular weight is 290 g/mol. The number of hydrogen-bond acceptors (Lipinski definition) is 3. The molecule has 0 spiro atoms. The van der Waals surface area contributed by atoms with Crippen LogP contribution >= 0.6 is 0 Å². The van der Waals surface area contributed by atoms with E-state index in [2.05, 4.69) is 18.8 Å². The minimum atomic E-state index is -3.79. The molecule has 0 aliphatic carbocycles. The first-order valence-electron chi connectivity index (χ1n) is 7.07. The van der Waals surface area contributed by atoms with Crippen molar-refractivity contribution in [2.75, 3.05) is 5.75 Å². The van der Waals surface area contributed by atoms with Gasteiger partial charge in [-0.15, -0.1) is 5.92 Å². The van der Waals surface area contributed by atoms with E-state index in [1.165, 1.54) is 0 Å². The van der Waals surface area contributed by atoms with Crippen molar-refractivity contribution in [1.29, 1.82) is 0 Å². The van der Waals surface area contributed by atoms with Crippen molar-refractivity contribution in [3.05, 3.63) is 0 Å². The molecule has 0 bridgehead atoms. The van der Waals surface area contributed by atoms with Crippen molar-refractivity contribution in [3.8, 4) is 11.8 Å². The van der Waals surface area contributed by atoms with Crippen LogP contribution in [0.4, 0.5) is 0 Å². The van der Waals surface area contributed by atoms with E-state index >= 15 is 0 Å². The summed E-state index contributed by atoms with van der Waals surface area (Å²) in [6.07, 6.45) is 7.37. The van der Waals surface area contributed by atoms with Crippen LogP contribution in [0.25, 0.3) is 0 Å². The molecule has 0 aliphatic rings. The number of unbranched alkanes of at least 4 members (excludes halogenated alkanes) is 6. The molecular weight excluding hydrogens is 264 g/mol. The molecule has 0 rings (SSSR count). The molecular formula is C14H26O4S. The third-order valence-electron chi connectivity index (χ3n) is 2.80. The maximum Gasteiger partial charge on any atom is 0.264 e. The van der Waals surface area contributed by atoms with Crippen molar-refractivity contribution < 1.29 is 18.1 Å². The van der Waals surface area contributed by atoms with Crippen LogP contribution in [0.5, 0.6) is 0 Å². The van der Waals surface area contributed by atoms with Crippen molar-refractivity contribution in [2.24, 2.45) is 0 Å². The quantitative estimate of drug-likeness (QED) is 0.368. The number of aliphatic hydroxyl groups excluding tert-OH is 1. The summed E-state index contributed by atoms with van der Waals surface area (Å²) < 4.78 is 29.4. The van der Waals surface area contributed by atoms with Gasteiger partial charge in [-0.1, -0.05) is 44.9 Å². The van der Waals surface area contributed by atoms with Gasteiger partial charge in [-0.05, 0) is 19.3 Å². The molecule has 0 aromatic rings. The minimum Gasteiger partial charge on any atom is -0.380 e. The van der Waals surface area contributed by atoms with Crippen LogP contribution in [0.2, 0.25) is 0 Å². The van der Waals surface area contributed by atoms with Crippen LogP contribution in [-0.4, -0.2) is 29.9 Å². The molecule has 0 unspecified atom stereocenters. The second kappa shape index (κ2) is 11.3. The molecule has 0 amide bonds. The van der Waals surface area contributed by atoms with E-state index in [9.17, 15) is 13.5 Å². The van der Waals surface area contributed by atoms with Gasteiger partial charge in [0, 0.05) is 6.42 Å². The van der Waals surface area contributed by atoms with E-state index in [0.29, 0.717) is 6.42 Å². The Balaban J connectivity index is 3.38. The van der Waals surface area contributed by atoms with Crippen LogP contribution in [0, 0.1) is 11.8 Å². The molecule has 112 valence electrons. The van der Waals surface area contributed by atoms with Crippen LogP contribution in [0.15, 0.2) is 0 Å². The Morgan fingerprint density at radius 2 is 1.68 bits per heavy atom. The lowest BCUT2D eigenvalue weighted by atomic mass is 10.1. The van der Waals surface area contributed by atoms with Gasteiger partial charge in [-0.3, -0.25) is 4.55 Å². The largest absolute Gasteiger partial charge is 0.380 e. The van der Waals surface area contributed by atoms with Gasteiger partial charge in [0.15, 0.2) is 0 Å². The Hall–Kier alpha value is -0.570. The SMILES string of the molecule is CCCC[C@@H](O)C#CCCCCCCCS(=O)(=O)O. The van der Waals surface area contributed by atoms with Gasteiger partial charge in [0.1, 0.15) is 6.10 Å². The first-order valence-corrected chi connectivity index (χ1v) is 8.68. The third kappa shape index (κ3) is 15.4. The fourth-order valence-corrected chi connectivity index (χ4v) is 2.26. The first kappa shape index (κ1) is 18.4. The molecule has 0 radical (unpaired) electrons. The zero-order valence-electron chi connectivity index (χ0n) is 11.8. The van der Waals surface area contributed by atoms with Gasteiger partial charge in [0.2, 0.25) is 0 Å². The zero-order chi connectivity index (χ0) is 14.6. The number of hydrogen-bond donors (Lipinski definition) is 2. The lowest BCUT2D eigenvalue weighted by Gasteiger charge is -2.00. The van der Waals surface area contributed by atoms with Crippen molar-refractivity contribution in [2.45, 2.75) is 70.8 Å². The number of rotatable bonds is 10. The topological polar surface area (TPSA) is 74.6 Å². The van der Waals surface area contributed by atoms with Crippen molar-refractivity contribution in [3.63, 3.8) is 0 Å². The Morgan fingerprint density at radius 1 is 1.05 bits per heavy atom. The fourth-order valence-electron chi connectivity index (χ4n) is 1.69. The summed E-state index contributed by atoms with van der Waals surface area (Å²) in [5.41, 5.74) is 0. The van der Waals surface area contributed by atoms with E-state index in [1.807, 2.05) is 0 Å². The van der Waals surface area contributed by atoms with Gasteiger partial charge in [0.05, 0.1) is 5.75 Å². The third-order valence-corrected chi connectivity index (χ3v) is 3.61. The smallest absolute Gasteiger partial charge is 0.264 e. The maximum absolute atomic E-state index is 10.5. The second-order valence-electron chi connectivity index (χ2n) is 4.78. The lowest BCUT2D eigenvalue weighted by Crippen LogP contribution is -2.03. The Labute approximate surface area is 117 Å². The first-order chi connectivity index (χ1) is 8.95. The highest BCUT2D eigenvalue weighted by Gasteiger charge is 2.02. The predicted octanol–water partition coefficient (Wildman–Crippen LogP) is 2.77. The van der Waals surface area contributed by atoms with Gasteiger partial charge in [-0.25, -0.2) is 0 Å². The van der Waals surface area contributed by atoms with E-state index in [4.69, 9.17) is 4.55 Å². The van der Waals surface area contributed by atoms with Crippen LogP contribution < -0.4 is 0 Å². The molecule has 2 N–H and O–H groups in total. The van der Waals surface area contributed by atoms with Gasteiger partial charge in [0.25, 0.3) is 10.1 Å². The zero-order valence-corrected chi connectivity index (χ0v) is 12.6.